The first-order valence-electron chi connectivity index (χ1n) is 10.6. The lowest BCUT2D eigenvalue weighted by Gasteiger charge is -2.23. The molecule has 0 bridgehead atoms. The molecule has 1 aliphatic heterocycles. The van der Waals surface area contributed by atoms with Gasteiger partial charge in [-0.15, -0.1) is 0 Å². The summed E-state index contributed by atoms with van der Waals surface area (Å²) in [5.41, 5.74) is 1.50. The Balaban J connectivity index is 1.61. The molecule has 6 nitrogen and oxygen atoms in total. The minimum absolute atomic E-state index is 0.00765. The van der Waals surface area contributed by atoms with Gasteiger partial charge in [0.2, 0.25) is 5.91 Å². The first-order chi connectivity index (χ1) is 15.7. The third-order valence-electron chi connectivity index (χ3n) is 5.52. The number of anilines is 1. The van der Waals surface area contributed by atoms with Gasteiger partial charge in [0, 0.05) is 54.3 Å². The van der Waals surface area contributed by atoms with Crippen LogP contribution in [0.4, 0.5) is 10.5 Å². The molecule has 0 aromatic heterocycles. The number of benzene rings is 2. The van der Waals surface area contributed by atoms with Crippen LogP contribution in [-0.4, -0.2) is 49.1 Å². The molecule has 2 aromatic rings. The van der Waals surface area contributed by atoms with Crippen molar-refractivity contribution in [2.24, 2.45) is 0 Å². The molecular weight excluding hydrogens is 506 g/mol. The summed E-state index contributed by atoms with van der Waals surface area (Å²) in [4.78, 5) is 26.1. The van der Waals surface area contributed by atoms with Crippen LogP contribution in [0.25, 0.3) is 0 Å². The van der Waals surface area contributed by atoms with E-state index in [1.807, 2.05) is 12.1 Å². The van der Waals surface area contributed by atoms with Crippen LogP contribution < -0.4 is 16.0 Å². The zero-order valence-electron chi connectivity index (χ0n) is 18.1. The summed E-state index contributed by atoms with van der Waals surface area (Å²) in [6.07, 6.45) is 1.73. The smallest absolute Gasteiger partial charge is 0.319 e. The summed E-state index contributed by atoms with van der Waals surface area (Å²) < 4.78 is 0. The van der Waals surface area contributed by atoms with Crippen LogP contribution in [0.15, 0.2) is 36.4 Å². The molecule has 1 heterocycles. The van der Waals surface area contributed by atoms with Crippen LogP contribution in [0.1, 0.15) is 31.2 Å². The topological polar surface area (TPSA) is 73.5 Å². The Morgan fingerprint density at radius 2 is 1.79 bits per heavy atom. The highest BCUT2D eigenvalue weighted by molar-refractivity contribution is 6.42. The van der Waals surface area contributed by atoms with E-state index in [1.165, 1.54) is 6.92 Å². The van der Waals surface area contributed by atoms with Crippen LogP contribution in [-0.2, 0) is 4.79 Å². The Morgan fingerprint density at radius 3 is 2.45 bits per heavy atom. The zero-order chi connectivity index (χ0) is 24.0. The van der Waals surface area contributed by atoms with E-state index >= 15 is 0 Å². The maximum Gasteiger partial charge on any atom is 0.319 e. The molecule has 1 aliphatic rings. The quantitative estimate of drug-likeness (QED) is 0.402. The number of likely N-dealkylation sites (tertiary alicyclic amines) is 1. The van der Waals surface area contributed by atoms with Gasteiger partial charge >= 0.3 is 6.03 Å². The van der Waals surface area contributed by atoms with E-state index in [4.69, 9.17) is 46.4 Å². The fourth-order valence-corrected chi connectivity index (χ4v) is 4.78. The SMILES string of the molecule is CC(=O)NC1CCN(CCC(CNC(=O)Nc2cc(Cl)cc(Cl)c2)c2ccc(Cl)c(Cl)c2)C1. The molecule has 178 valence electrons. The highest BCUT2D eigenvalue weighted by Gasteiger charge is 2.24. The van der Waals surface area contributed by atoms with Gasteiger partial charge < -0.3 is 20.9 Å². The molecule has 3 rings (SSSR count). The van der Waals surface area contributed by atoms with E-state index in [0.29, 0.717) is 32.3 Å². The molecule has 1 fully saturated rings. The number of carbonyl (C=O) groups excluding carboxylic acids is 2. The van der Waals surface area contributed by atoms with Crippen molar-refractivity contribution in [1.82, 2.24) is 15.5 Å². The lowest BCUT2D eigenvalue weighted by atomic mass is 9.95. The molecule has 3 N–H and O–H groups in total. The van der Waals surface area contributed by atoms with E-state index in [2.05, 4.69) is 20.9 Å². The number of rotatable bonds is 8. The van der Waals surface area contributed by atoms with Crippen molar-refractivity contribution >= 4 is 64.0 Å². The first-order valence-corrected chi connectivity index (χ1v) is 12.2. The van der Waals surface area contributed by atoms with Crippen LogP contribution in [0, 0.1) is 0 Å². The van der Waals surface area contributed by atoms with Crippen molar-refractivity contribution in [3.8, 4) is 0 Å². The van der Waals surface area contributed by atoms with E-state index in [0.717, 1.165) is 38.0 Å². The second kappa shape index (κ2) is 12.1. The normalized spacial score (nSPS) is 16.9. The van der Waals surface area contributed by atoms with Gasteiger partial charge in [-0.25, -0.2) is 4.79 Å². The molecule has 3 amide bonds. The van der Waals surface area contributed by atoms with E-state index in [1.54, 1.807) is 24.3 Å². The van der Waals surface area contributed by atoms with Crippen molar-refractivity contribution in [1.29, 1.82) is 0 Å². The Bertz CT molecular complexity index is 984. The van der Waals surface area contributed by atoms with Crippen LogP contribution >= 0.6 is 46.4 Å². The van der Waals surface area contributed by atoms with E-state index < -0.39 is 0 Å². The second-order valence-corrected chi connectivity index (χ2v) is 9.83. The second-order valence-electron chi connectivity index (χ2n) is 8.14. The zero-order valence-corrected chi connectivity index (χ0v) is 21.2. The highest BCUT2D eigenvalue weighted by atomic mass is 35.5. The van der Waals surface area contributed by atoms with Gasteiger partial charge in [0.1, 0.15) is 0 Å². The van der Waals surface area contributed by atoms with E-state index in [9.17, 15) is 9.59 Å². The number of hydrogen-bond donors (Lipinski definition) is 3. The number of urea groups is 1. The molecule has 0 radical (unpaired) electrons. The summed E-state index contributed by atoms with van der Waals surface area (Å²) in [5, 5.41) is 10.5. The molecular formula is C23H26Cl4N4O2. The number of nitrogens with one attached hydrogen (secondary N) is 3. The molecule has 10 heteroatoms. The van der Waals surface area contributed by atoms with Crippen molar-refractivity contribution in [2.75, 3.05) is 31.5 Å². The maximum atomic E-state index is 12.5. The molecule has 2 aromatic carbocycles. The van der Waals surface area contributed by atoms with Crippen LogP contribution in [0.3, 0.4) is 0 Å². The fraction of sp³-hybridized carbons (Fsp3) is 0.391. The van der Waals surface area contributed by atoms with Gasteiger partial charge in [0.15, 0.2) is 0 Å². The molecule has 1 saturated heterocycles. The molecule has 0 aliphatic carbocycles. The number of carbonyl (C=O) groups is 2. The summed E-state index contributed by atoms with van der Waals surface area (Å²) in [6, 6.07) is 10.2. The monoisotopic (exact) mass is 530 g/mol. The minimum atomic E-state index is -0.356. The Morgan fingerprint density at radius 1 is 1.06 bits per heavy atom. The van der Waals surface area contributed by atoms with Gasteiger partial charge in [0.05, 0.1) is 10.0 Å². The Labute approximate surface area is 213 Å². The minimum Gasteiger partial charge on any atom is -0.352 e. The summed E-state index contributed by atoms with van der Waals surface area (Å²) in [6.45, 7) is 4.51. The van der Waals surface area contributed by atoms with Gasteiger partial charge in [-0.05, 0) is 55.3 Å². The van der Waals surface area contributed by atoms with Crippen molar-refractivity contribution in [2.45, 2.75) is 31.7 Å². The van der Waals surface area contributed by atoms with Gasteiger partial charge in [0.25, 0.3) is 0 Å². The standard InChI is InChI=1S/C23H26Cl4N4O2/c1-14(32)29-19-5-7-31(13-19)6-4-16(15-2-3-21(26)22(27)8-15)12-28-23(33)30-20-10-17(24)9-18(25)11-20/h2-3,8-11,16,19H,4-7,12-13H2,1H3,(H,29,32)(H2,28,30,33). The average molecular weight is 532 g/mol. The molecule has 0 saturated carbocycles. The number of nitrogens with zero attached hydrogens (tertiary/aromatic N) is 1. The third-order valence-corrected chi connectivity index (χ3v) is 6.69. The molecule has 33 heavy (non-hydrogen) atoms. The predicted octanol–water partition coefficient (Wildman–Crippen LogP) is 5.81. The van der Waals surface area contributed by atoms with Crippen molar-refractivity contribution in [3.05, 3.63) is 62.1 Å². The number of amides is 3. The fourth-order valence-electron chi connectivity index (χ4n) is 3.95. The van der Waals surface area contributed by atoms with Crippen LogP contribution in [0.5, 0.6) is 0 Å². The lowest BCUT2D eigenvalue weighted by Crippen LogP contribution is -2.36. The van der Waals surface area contributed by atoms with Crippen molar-refractivity contribution in [3.63, 3.8) is 0 Å². The maximum absolute atomic E-state index is 12.5. The summed E-state index contributed by atoms with van der Waals surface area (Å²) >= 11 is 24.3. The van der Waals surface area contributed by atoms with Gasteiger partial charge in [-0.1, -0.05) is 52.5 Å². The predicted molar refractivity (Wildman–Crippen MR) is 136 cm³/mol. The van der Waals surface area contributed by atoms with Crippen LogP contribution in [0.2, 0.25) is 20.1 Å². The first kappa shape index (κ1) is 25.9. The van der Waals surface area contributed by atoms with E-state index in [-0.39, 0.29) is 23.9 Å². The Kier molecular flexibility index (Phi) is 9.53. The third kappa shape index (κ3) is 8.23. The number of halogens is 4. The average Bonchev–Trinajstić information content (AvgIpc) is 3.16. The van der Waals surface area contributed by atoms with Gasteiger partial charge in [-0.2, -0.15) is 0 Å². The molecule has 2 atom stereocenters. The Hall–Kier alpha value is -1.70. The molecule has 2 unspecified atom stereocenters. The largest absolute Gasteiger partial charge is 0.352 e. The number of hydrogen-bond acceptors (Lipinski definition) is 3. The summed E-state index contributed by atoms with van der Waals surface area (Å²) in [5.74, 6) is 0.0139. The highest BCUT2D eigenvalue weighted by Crippen LogP contribution is 2.29. The van der Waals surface area contributed by atoms with Crippen molar-refractivity contribution < 1.29 is 9.59 Å². The summed E-state index contributed by atoms with van der Waals surface area (Å²) in [7, 11) is 0. The lowest BCUT2D eigenvalue weighted by molar-refractivity contribution is -0.119. The van der Waals surface area contributed by atoms with Gasteiger partial charge in [-0.3, -0.25) is 4.79 Å². The molecule has 0 spiro atoms.